The van der Waals surface area contributed by atoms with Crippen LogP contribution in [0.3, 0.4) is 0 Å². The highest BCUT2D eigenvalue weighted by Crippen LogP contribution is 2.33. The van der Waals surface area contributed by atoms with Crippen LogP contribution in [0.1, 0.15) is 48.4 Å². The molecular formula is C25H22F4N4O5. The second-order valence-electron chi connectivity index (χ2n) is 8.18. The molecule has 2 N–H and O–H groups in total. The van der Waals surface area contributed by atoms with Crippen molar-refractivity contribution in [1.29, 1.82) is 0 Å². The number of benzene rings is 2. The zero-order chi connectivity index (χ0) is 28.2. The number of halogens is 4. The van der Waals surface area contributed by atoms with Gasteiger partial charge in [0.15, 0.2) is 12.3 Å². The Morgan fingerprint density at radius 1 is 1.08 bits per heavy atom. The standard InChI is InChI=1S/C25H22F4N4O5/c1-13(16-7-6-8-17(22(16)27)25(28,29)12-38-15(3)35)30-24(37)23-19(31-14(2)34)11-21(36)33(32-23)20-10-5-4-9-18(20)26/h4-11,13H,12H2,1-3H3,(H,30,37)(H,31,34)/t13-/m1/s1. The maximum Gasteiger partial charge on any atom is 0.309 e. The molecular weight excluding hydrogens is 512 g/mol. The summed E-state index contributed by atoms with van der Waals surface area (Å²) in [6.07, 6.45) is 0. The number of alkyl halides is 2. The zero-order valence-corrected chi connectivity index (χ0v) is 20.4. The monoisotopic (exact) mass is 534 g/mol. The Balaban J connectivity index is 1.99. The normalized spacial score (nSPS) is 12.0. The lowest BCUT2D eigenvalue weighted by molar-refractivity contribution is -0.154. The molecule has 2 aromatic carbocycles. The molecule has 1 heterocycles. The number of anilines is 1. The van der Waals surface area contributed by atoms with Crippen molar-refractivity contribution >= 4 is 23.5 Å². The van der Waals surface area contributed by atoms with Gasteiger partial charge in [0.25, 0.3) is 11.5 Å². The van der Waals surface area contributed by atoms with Crippen molar-refractivity contribution in [1.82, 2.24) is 15.1 Å². The molecule has 1 aromatic heterocycles. The lowest BCUT2D eigenvalue weighted by Gasteiger charge is -2.21. The summed E-state index contributed by atoms with van der Waals surface area (Å²) in [5.74, 6) is -8.66. The van der Waals surface area contributed by atoms with E-state index in [9.17, 15) is 32.3 Å². The number of aromatic nitrogens is 2. The molecule has 0 saturated heterocycles. The van der Waals surface area contributed by atoms with E-state index in [1.165, 1.54) is 25.1 Å². The third-order valence-corrected chi connectivity index (χ3v) is 5.23. The number of amides is 2. The minimum atomic E-state index is -3.86. The molecule has 200 valence electrons. The van der Waals surface area contributed by atoms with Gasteiger partial charge in [-0.1, -0.05) is 24.3 Å². The maximum absolute atomic E-state index is 15.1. The molecule has 0 bridgehead atoms. The second kappa shape index (κ2) is 11.2. The van der Waals surface area contributed by atoms with Crippen molar-refractivity contribution in [2.75, 3.05) is 11.9 Å². The summed E-state index contributed by atoms with van der Waals surface area (Å²) >= 11 is 0. The van der Waals surface area contributed by atoms with E-state index in [0.29, 0.717) is 4.68 Å². The highest BCUT2D eigenvalue weighted by molar-refractivity contribution is 6.01. The fourth-order valence-corrected chi connectivity index (χ4v) is 3.48. The summed E-state index contributed by atoms with van der Waals surface area (Å²) in [5, 5.41) is 8.56. The van der Waals surface area contributed by atoms with Crippen molar-refractivity contribution in [3.8, 4) is 5.69 Å². The van der Waals surface area contributed by atoms with Crippen LogP contribution in [0, 0.1) is 11.6 Å². The Morgan fingerprint density at radius 2 is 1.76 bits per heavy atom. The van der Waals surface area contributed by atoms with Crippen LogP contribution in [0.5, 0.6) is 0 Å². The average Bonchev–Trinajstić information content (AvgIpc) is 2.83. The van der Waals surface area contributed by atoms with E-state index in [1.807, 2.05) is 0 Å². The Hall–Kier alpha value is -4.55. The number of carbonyl (C=O) groups excluding carboxylic acids is 3. The van der Waals surface area contributed by atoms with Gasteiger partial charge >= 0.3 is 11.9 Å². The van der Waals surface area contributed by atoms with E-state index in [4.69, 9.17) is 0 Å². The highest BCUT2D eigenvalue weighted by atomic mass is 19.3. The number of para-hydroxylation sites is 1. The maximum atomic E-state index is 15.1. The summed E-state index contributed by atoms with van der Waals surface area (Å²) in [7, 11) is 0. The largest absolute Gasteiger partial charge is 0.459 e. The summed E-state index contributed by atoms with van der Waals surface area (Å²) in [5.41, 5.74) is -3.35. The average molecular weight is 534 g/mol. The molecule has 0 aliphatic rings. The molecule has 13 heteroatoms. The van der Waals surface area contributed by atoms with E-state index in [-0.39, 0.29) is 16.9 Å². The van der Waals surface area contributed by atoms with Gasteiger partial charge in [-0.15, -0.1) is 0 Å². The minimum Gasteiger partial charge on any atom is -0.459 e. The van der Waals surface area contributed by atoms with Crippen molar-refractivity contribution in [3.63, 3.8) is 0 Å². The first kappa shape index (κ1) is 28.0. The molecule has 38 heavy (non-hydrogen) atoms. The predicted molar refractivity (Wildman–Crippen MR) is 127 cm³/mol. The lowest BCUT2D eigenvalue weighted by Crippen LogP contribution is -2.33. The summed E-state index contributed by atoms with van der Waals surface area (Å²) in [6.45, 7) is 1.96. The molecule has 0 saturated carbocycles. The third kappa shape index (κ3) is 6.22. The quantitative estimate of drug-likeness (QED) is 0.337. The molecule has 2 amide bonds. The first-order valence-corrected chi connectivity index (χ1v) is 11.1. The Kier molecular flexibility index (Phi) is 8.29. The van der Waals surface area contributed by atoms with Crippen LogP contribution in [0.4, 0.5) is 23.2 Å². The van der Waals surface area contributed by atoms with Crippen LogP contribution in [-0.2, 0) is 20.2 Å². The van der Waals surface area contributed by atoms with Gasteiger partial charge in [0.2, 0.25) is 5.91 Å². The van der Waals surface area contributed by atoms with E-state index >= 15 is 4.39 Å². The van der Waals surface area contributed by atoms with Gasteiger partial charge in [0, 0.05) is 25.5 Å². The van der Waals surface area contributed by atoms with Crippen molar-refractivity contribution in [3.05, 3.63) is 87.3 Å². The first-order chi connectivity index (χ1) is 17.8. The summed E-state index contributed by atoms with van der Waals surface area (Å²) in [6, 6.07) is 7.88. The van der Waals surface area contributed by atoms with Gasteiger partial charge in [0.05, 0.1) is 17.3 Å². The number of rotatable bonds is 8. The molecule has 3 aromatic rings. The molecule has 0 fully saturated rings. The number of hydrogen-bond acceptors (Lipinski definition) is 6. The molecule has 0 unspecified atom stereocenters. The fraction of sp³-hybridized carbons (Fsp3) is 0.240. The number of hydrogen-bond donors (Lipinski definition) is 2. The molecule has 3 rings (SSSR count). The van der Waals surface area contributed by atoms with Gasteiger partial charge in [-0.05, 0) is 25.1 Å². The number of nitrogens with one attached hydrogen (secondary N) is 2. The Bertz CT molecular complexity index is 1460. The number of ether oxygens (including phenoxy) is 1. The number of nitrogens with zero attached hydrogens (tertiary/aromatic N) is 2. The molecule has 0 aliphatic heterocycles. The van der Waals surface area contributed by atoms with Gasteiger partial charge in [-0.2, -0.15) is 18.6 Å². The lowest BCUT2D eigenvalue weighted by atomic mass is 10.00. The van der Waals surface area contributed by atoms with Crippen LogP contribution < -0.4 is 16.2 Å². The van der Waals surface area contributed by atoms with Crippen molar-refractivity contribution < 1.29 is 36.7 Å². The van der Waals surface area contributed by atoms with Crippen LogP contribution in [0.2, 0.25) is 0 Å². The summed E-state index contributed by atoms with van der Waals surface area (Å²) < 4.78 is 63.3. The Morgan fingerprint density at radius 3 is 2.39 bits per heavy atom. The highest BCUT2D eigenvalue weighted by Gasteiger charge is 2.37. The van der Waals surface area contributed by atoms with Crippen LogP contribution in [0.25, 0.3) is 5.69 Å². The zero-order valence-electron chi connectivity index (χ0n) is 20.4. The molecule has 0 spiro atoms. The van der Waals surface area contributed by atoms with E-state index < -0.39 is 64.8 Å². The van der Waals surface area contributed by atoms with Gasteiger partial charge in [-0.3, -0.25) is 19.2 Å². The van der Waals surface area contributed by atoms with Gasteiger partial charge in [-0.25, -0.2) is 8.78 Å². The molecule has 0 aliphatic carbocycles. The molecule has 0 radical (unpaired) electrons. The molecule has 9 nitrogen and oxygen atoms in total. The summed E-state index contributed by atoms with van der Waals surface area (Å²) in [4.78, 5) is 48.2. The fourth-order valence-electron chi connectivity index (χ4n) is 3.48. The first-order valence-electron chi connectivity index (χ1n) is 11.1. The van der Waals surface area contributed by atoms with Crippen LogP contribution in [-0.4, -0.2) is 34.2 Å². The second-order valence-corrected chi connectivity index (χ2v) is 8.18. The van der Waals surface area contributed by atoms with E-state index in [0.717, 1.165) is 44.2 Å². The third-order valence-electron chi connectivity index (χ3n) is 5.23. The van der Waals surface area contributed by atoms with E-state index in [1.54, 1.807) is 0 Å². The van der Waals surface area contributed by atoms with Gasteiger partial charge < -0.3 is 15.4 Å². The smallest absolute Gasteiger partial charge is 0.309 e. The van der Waals surface area contributed by atoms with Crippen LogP contribution >= 0.6 is 0 Å². The van der Waals surface area contributed by atoms with Gasteiger partial charge in [0.1, 0.15) is 17.3 Å². The van der Waals surface area contributed by atoms with Crippen molar-refractivity contribution in [2.24, 2.45) is 0 Å². The van der Waals surface area contributed by atoms with E-state index in [2.05, 4.69) is 20.5 Å². The number of carbonyl (C=O) groups is 3. The molecule has 1 atom stereocenters. The van der Waals surface area contributed by atoms with Crippen LogP contribution in [0.15, 0.2) is 53.3 Å². The SMILES string of the molecule is CC(=O)Nc1cc(=O)n(-c2ccccc2F)nc1C(=O)N[C@H](C)c1cccc(C(F)(F)COC(C)=O)c1F. The Labute approximate surface area is 213 Å². The topological polar surface area (TPSA) is 119 Å². The number of esters is 1. The minimum absolute atomic E-state index is 0.275. The predicted octanol–water partition coefficient (Wildman–Crippen LogP) is 3.62. The van der Waals surface area contributed by atoms with Crippen molar-refractivity contribution in [2.45, 2.75) is 32.7 Å².